The molecule has 3 aromatic rings. The second-order valence-corrected chi connectivity index (χ2v) is 7.28. The number of rotatable bonds is 5. The second kappa shape index (κ2) is 7.46. The average molecular weight is 377 g/mol. The predicted octanol–water partition coefficient (Wildman–Crippen LogP) is 3.88. The number of benzene rings is 2. The first-order valence-corrected chi connectivity index (χ1v) is 9.35. The number of hydrogen-bond donors (Lipinski definition) is 0. The molecule has 4 rings (SSSR count). The molecule has 0 aliphatic carbocycles. The lowest BCUT2D eigenvalue weighted by molar-refractivity contribution is -0.128. The Bertz CT molecular complexity index is 1010. The van der Waals surface area contributed by atoms with E-state index in [1.807, 2.05) is 35.2 Å². The molecule has 1 aromatic heterocycles. The van der Waals surface area contributed by atoms with Gasteiger partial charge in [0.2, 0.25) is 17.6 Å². The summed E-state index contributed by atoms with van der Waals surface area (Å²) in [4.78, 5) is 18.9. The molecule has 1 aliphatic rings. The minimum atomic E-state index is -0.0779. The van der Waals surface area contributed by atoms with E-state index in [4.69, 9.17) is 9.26 Å². The van der Waals surface area contributed by atoms with Crippen LogP contribution in [0.1, 0.15) is 34.9 Å². The fourth-order valence-corrected chi connectivity index (χ4v) is 3.48. The minimum Gasteiger partial charge on any atom is -0.497 e. The Morgan fingerprint density at radius 3 is 2.82 bits per heavy atom. The van der Waals surface area contributed by atoms with E-state index in [9.17, 15) is 4.79 Å². The van der Waals surface area contributed by atoms with Crippen molar-refractivity contribution < 1.29 is 14.1 Å². The summed E-state index contributed by atoms with van der Waals surface area (Å²) in [5, 5.41) is 4.13. The largest absolute Gasteiger partial charge is 0.497 e. The Morgan fingerprint density at radius 1 is 1.18 bits per heavy atom. The van der Waals surface area contributed by atoms with E-state index in [0.29, 0.717) is 31.2 Å². The van der Waals surface area contributed by atoms with Crippen LogP contribution in [0.4, 0.5) is 0 Å². The third-order valence-electron chi connectivity index (χ3n) is 5.28. The summed E-state index contributed by atoms with van der Waals surface area (Å²) < 4.78 is 10.8. The SMILES string of the molecule is COc1cccc(CN2CC(c3nc(-c4ccc(C)c(C)c4)no3)CC2=O)c1. The highest BCUT2D eigenvalue weighted by Gasteiger charge is 2.34. The summed E-state index contributed by atoms with van der Waals surface area (Å²) in [6.45, 7) is 5.25. The zero-order valence-corrected chi connectivity index (χ0v) is 16.3. The fourth-order valence-electron chi connectivity index (χ4n) is 3.48. The van der Waals surface area contributed by atoms with E-state index in [0.717, 1.165) is 16.9 Å². The van der Waals surface area contributed by atoms with Crippen molar-refractivity contribution in [1.29, 1.82) is 0 Å². The Morgan fingerprint density at radius 2 is 2.04 bits per heavy atom. The number of amides is 1. The van der Waals surface area contributed by atoms with E-state index >= 15 is 0 Å². The third kappa shape index (κ3) is 3.63. The van der Waals surface area contributed by atoms with E-state index < -0.39 is 0 Å². The van der Waals surface area contributed by atoms with Gasteiger partial charge in [0.05, 0.1) is 13.0 Å². The Balaban J connectivity index is 1.48. The smallest absolute Gasteiger partial charge is 0.232 e. The molecule has 6 heteroatoms. The van der Waals surface area contributed by atoms with Crippen molar-refractivity contribution >= 4 is 5.91 Å². The second-order valence-electron chi connectivity index (χ2n) is 7.28. The number of aryl methyl sites for hydroxylation is 2. The van der Waals surface area contributed by atoms with Gasteiger partial charge in [0.1, 0.15) is 5.75 Å². The molecule has 1 fully saturated rings. The number of hydrogen-bond acceptors (Lipinski definition) is 5. The van der Waals surface area contributed by atoms with Gasteiger partial charge >= 0.3 is 0 Å². The molecule has 2 heterocycles. The number of aromatic nitrogens is 2. The first-order valence-electron chi connectivity index (χ1n) is 9.35. The van der Waals surface area contributed by atoms with E-state index in [-0.39, 0.29) is 11.8 Å². The van der Waals surface area contributed by atoms with Crippen LogP contribution in [0.3, 0.4) is 0 Å². The number of ether oxygens (including phenoxy) is 1. The average Bonchev–Trinajstić information content (AvgIpc) is 3.32. The highest BCUT2D eigenvalue weighted by atomic mass is 16.5. The van der Waals surface area contributed by atoms with Crippen molar-refractivity contribution in [2.75, 3.05) is 13.7 Å². The van der Waals surface area contributed by atoms with Crippen LogP contribution in [0, 0.1) is 13.8 Å². The molecule has 1 aliphatic heterocycles. The Hall–Kier alpha value is -3.15. The van der Waals surface area contributed by atoms with Gasteiger partial charge in [-0.15, -0.1) is 0 Å². The van der Waals surface area contributed by atoms with Gasteiger partial charge < -0.3 is 14.2 Å². The van der Waals surface area contributed by atoms with Crippen molar-refractivity contribution in [3.8, 4) is 17.1 Å². The summed E-state index contributed by atoms with van der Waals surface area (Å²) in [6.07, 6.45) is 0.387. The van der Waals surface area contributed by atoms with Crippen molar-refractivity contribution in [3.63, 3.8) is 0 Å². The van der Waals surface area contributed by atoms with Gasteiger partial charge in [-0.05, 0) is 48.7 Å². The summed E-state index contributed by atoms with van der Waals surface area (Å²) in [5.74, 6) is 1.90. The van der Waals surface area contributed by atoms with E-state index in [2.05, 4.69) is 36.1 Å². The molecular formula is C22H23N3O3. The number of nitrogens with zero attached hydrogens (tertiary/aromatic N) is 3. The van der Waals surface area contributed by atoms with Gasteiger partial charge in [-0.1, -0.05) is 29.4 Å². The first-order chi connectivity index (χ1) is 13.5. The molecule has 1 amide bonds. The lowest BCUT2D eigenvalue weighted by atomic mass is 10.1. The summed E-state index contributed by atoms with van der Waals surface area (Å²) >= 11 is 0. The van der Waals surface area contributed by atoms with Crippen molar-refractivity contribution in [1.82, 2.24) is 15.0 Å². The molecule has 0 spiro atoms. The number of likely N-dealkylation sites (tertiary alicyclic amines) is 1. The molecule has 1 unspecified atom stereocenters. The third-order valence-corrected chi connectivity index (χ3v) is 5.28. The van der Waals surface area contributed by atoms with Gasteiger partial charge in [-0.25, -0.2) is 0 Å². The predicted molar refractivity (Wildman–Crippen MR) is 105 cm³/mol. The first kappa shape index (κ1) is 18.2. The standard InChI is InChI=1S/C22H23N3O3/c1-14-7-8-17(9-15(14)2)21-23-22(28-24-21)18-11-20(26)25(13-18)12-16-5-4-6-19(10-16)27-3/h4-10,18H,11-13H2,1-3H3. The van der Waals surface area contributed by atoms with Crippen LogP contribution in [0.25, 0.3) is 11.4 Å². The minimum absolute atomic E-state index is 0.0779. The summed E-state index contributed by atoms with van der Waals surface area (Å²) in [5.41, 5.74) is 4.37. The van der Waals surface area contributed by atoms with Crippen LogP contribution >= 0.6 is 0 Å². The number of carbonyl (C=O) groups is 1. The van der Waals surface area contributed by atoms with E-state index in [1.165, 1.54) is 11.1 Å². The Labute approximate surface area is 164 Å². The molecule has 1 atom stereocenters. The Kier molecular flexibility index (Phi) is 4.86. The molecule has 1 saturated heterocycles. The lowest BCUT2D eigenvalue weighted by Crippen LogP contribution is -2.24. The molecule has 0 radical (unpaired) electrons. The molecule has 28 heavy (non-hydrogen) atoms. The van der Waals surface area contributed by atoms with Crippen LogP contribution in [0.15, 0.2) is 47.0 Å². The number of carbonyl (C=O) groups excluding carboxylic acids is 1. The quantitative estimate of drug-likeness (QED) is 0.675. The van der Waals surface area contributed by atoms with Crippen molar-refractivity contribution in [2.45, 2.75) is 32.7 Å². The molecule has 0 saturated carbocycles. The zero-order valence-electron chi connectivity index (χ0n) is 16.3. The molecular weight excluding hydrogens is 354 g/mol. The van der Waals surface area contributed by atoms with Crippen LogP contribution in [0.2, 0.25) is 0 Å². The van der Waals surface area contributed by atoms with Gasteiger partial charge in [0.25, 0.3) is 0 Å². The monoisotopic (exact) mass is 377 g/mol. The maximum atomic E-state index is 12.5. The van der Waals surface area contributed by atoms with Crippen LogP contribution in [0.5, 0.6) is 5.75 Å². The molecule has 144 valence electrons. The van der Waals surface area contributed by atoms with Crippen molar-refractivity contribution in [3.05, 3.63) is 65.0 Å². The van der Waals surface area contributed by atoms with Crippen LogP contribution in [-0.4, -0.2) is 34.6 Å². The topological polar surface area (TPSA) is 68.5 Å². The van der Waals surface area contributed by atoms with Crippen molar-refractivity contribution in [2.24, 2.45) is 0 Å². The van der Waals surface area contributed by atoms with Gasteiger partial charge in [0, 0.05) is 25.1 Å². The summed E-state index contributed by atoms with van der Waals surface area (Å²) in [6, 6.07) is 13.9. The number of methoxy groups -OCH3 is 1. The lowest BCUT2D eigenvalue weighted by Gasteiger charge is -2.16. The normalized spacial score (nSPS) is 16.6. The van der Waals surface area contributed by atoms with Crippen LogP contribution in [-0.2, 0) is 11.3 Å². The maximum absolute atomic E-state index is 12.5. The highest BCUT2D eigenvalue weighted by molar-refractivity contribution is 5.79. The van der Waals surface area contributed by atoms with Gasteiger partial charge in [-0.3, -0.25) is 4.79 Å². The maximum Gasteiger partial charge on any atom is 0.232 e. The zero-order chi connectivity index (χ0) is 19.7. The molecule has 6 nitrogen and oxygen atoms in total. The summed E-state index contributed by atoms with van der Waals surface area (Å²) in [7, 11) is 1.64. The molecule has 2 aromatic carbocycles. The van der Waals surface area contributed by atoms with Gasteiger partial charge in [0.15, 0.2) is 0 Å². The fraction of sp³-hybridized carbons (Fsp3) is 0.318. The highest BCUT2D eigenvalue weighted by Crippen LogP contribution is 2.30. The van der Waals surface area contributed by atoms with Gasteiger partial charge in [-0.2, -0.15) is 4.98 Å². The molecule has 0 N–H and O–H groups in total. The van der Waals surface area contributed by atoms with E-state index in [1.54, 1.807) is 7.11 Å². The molecule has 0 bridgehead atoms. The van der Waals surface area contributed by atoms with Crippen LogP contribution < -0.4 is 4.74 Å².